The van der Waals surface area contributed by atoms with Gasteiger partial charge in [0.1, 0.15) is 5.69 Å². The molecule has 2 heterocycles. The maximum absolute atomic E-state index is 14.1. The van der Waals surface area contributed by atoms with Gasteiger partial charge in [-0.05, 0) is 64.5 Å². The number of rotatable bonds is 4. The Morgan fingerprint density at radius 1 is 0.931 bits per heavy atom. The summed E-state index contributed by atoms with van der Waals surface area (Å²) in [6.07, 6.45) is 7.66. The second-order valence-corrected chi connectivity index (χ2v) is 8.33. The van der Waals surface area contributed by atoms with Crippen molar-refractivity contribution in [2.45, 2.75) is 63.5 Å². The molecule has 0 aliphatic heterocycles. The van der Waals surface area contributed by atoms with Gasteiger partial charge in [-0.3, -0.25) is 14.6 Å². The number of fused-ring (bicyclic) bond motifs is 2. The highest BCUT2D eigenvalue weighted by molar-refractivity contribution is 5.94. The fraction of sp³-hybridized carbons (Fsp3) is 0.476. The molecule has 2 aromatic heterocycles. The number of nitrogens with zero attached hydrogens (tertiary/aromatic N) is 3. The zero-order chi connectivity index (χ0) is 20.6. The summed E-state index contributed by atoms with van der Waals surface area (Å²) in [6.45, 7) is 3.51. The van der Waals surface area contributed by atoms with Crippen molar-refractivity contribution in [1.29, 1.82) is 0 Å². The van der Waals surface area contributed by atoms with Crippen molar-refractivity contribution in [2.75, 3.05) is 0 Å². The first-order valence-corrected chi connectivity index (χ1v) is 9.87. The lowest BCUT2D eigenvalue weighted by molar-refractivity contribution is 0.0824. The predicted octanol–water partition coefficient (Wildman–Crippen LogP) is 2.63. The maximum Gasteiger partial charge on any atom is 0.273 e. The normalized spacial score (nSPS) is 25.5. The molecule has 29 heavy (non-hydrogen) atoms. The van der Waals surface area contributed by atoms with Crippen molar-refractivity contribution in [3.8, 4) is 0 Å². The molecule has 7 nitrogen and oxygen atoms in total. The molecule has 2 atom stereocenters. The molecule has 0 radical (unpaired) electrons. The van der Waals surface area contributed by atoms with Crippen LogP contribution in [-0.2, 0) is 0 Å². The van der Waals surface area contributed by atoms with Crippen LogP contribution in [0.3, 0.4) is 0 Å². The first-order chi connectivity index (χ1) is 13.8. The summed E-state index contributed by atoms with van der Waals surface area (Å²) in [6, 6.07) is 2.80. The minimum atomic E-state index is -0.629. The molecule has 2 bridgehead atoms. The summed E-state index contributed by atoms with van der Waals surface area (Å²) in [5.74, 6) is -1.38. The average molecular weight is 397 g/mol. The Hall–Kier alpha value is -2.90. The molecule has 2 aromatic rings. The summed E-state index contributed by atoms with van der Waals surface area (Å²) in [7, 11) is 0. The Morgan fingerprint density at radius 3 is 2.31 bits per heavy atom. The third-order valence-corrected chi connectivity index (χ3v) is 6.01. The molecule has 0 saturated heterocycles. The molecule has 152 valence electrons. The quantitative estimate of drug-likeness (QED) is 0.827. The lowest BCUT2D eigenvalue weighted by Gasteiger charge is -2.40. The summed E-state index contributed by atoms with van der Waals surface area (Å²) in [4.78, 5) is 37.8. The monoisotopic (exact) mass is 397 g/mol. The lowest BCUT2D eigenvalue weighted by atomic mass is 9.78. The van der Waals surface area contributed by atoms with Crippen molar-refractivity contribution < 1.29 is 14.0 Å². The standard InChI is InChI=1S/C21H24FN5O2/c1-13-4-5-15(22)17(25-13)19(29)27-21-7-3-6-20(12-21,8-9-21)26-18(28)16-11-23-10-14(2)24-16/h4-5,10-11H,3,6-9,12H2,1-2H3,(H,26,28)(H,27,29). The van der Waals surface area contributed by atoms with E-state index in [1.807, 2.05) is 0 Å². The second-order valence-electron chi connectivity index (χ2n) is 8.33. The van der Waals surface area contributed by atoms with Crippen LogP contribution in [-0.4, -0.2) is 37.8 Å². The topological polar surface area (TPSA) is 96.9 Å². The van der Waals surface area contributed by atoms with Gasteiger partial charge in [-0.15, -0.1) is 0 Å². The van der Waals surface area contributed by atoms with Crippen LogP contribution in [0.5, 0.6) is 0 Å². The number of hydrogen-bond donors (Lipinski definition) is 2. The summed E-state index contributed by atoms with van der Waals surface area (Å²) in [5.41, 5.74) is 0.522. The minimum absolute atomic E-state index is 0.179. The first kappa shape index (κ1) is 19.4. The van der Waals surface area contributed by atoms with E-state index < -0.39 is 22.8 Å². The number of pyridine rings is 1. The number of carbonyl (C=O) groups excluding carboxylic acids is 2. The summed E-state index contributed by atoms with van der Waals surface area (Å²) in [5, 5.41) is 6.18. The molecule has 2 amide bonds. The molecule has 4 rings (SSSR count). The van der Waals surface area contributed by atoms with Gasteiger partial charge in [-0.1, -0.05) is 0 Å². The fourth-order valence-electron chi connectivity index (χ4n) is 4.71. The summed E-state index contributed by atoms with van der Waals surface area (Å²) < 4.78 is 14.1. The van der Waals surface area contributed by atoms with Crippen molar-refractivity contribution in [2.24, 2.45) is 0 Å². The van der Waals surface area contributed by atoms with Gasteiger partial charge in [0.05, 0.1) is 11.9 Å². The van der Waals surface area contributed by atoms with Gasteiger partial charge in [-0.2, -0.15) is 0 Å². The molecule has 2 unspecified atom stereocenters. The van der Waals surface area contributed by atoms with Gasteiger partial charge in [0.25, 0.3) is 11.8 Å². The lowest BCUT2D eigenvalue weighted by Crippen LogP contribution is -2.55. The van der Waals surface area contributed by atoms with Gasteiger partial charge >= 0.3 is 0 Å². The highest BCUT2D eigenvalue weighted by Crippen LogP contribution is 2.48. The largest absolute Gasteiger partial charge is 0.345 e. The van der Waals surface area contributed by atoms with Crippen LogP contribution in [0.4, 0.5) is 4.39 Å². The number of hydrogen-bond acceptors (Lipinski definition) is 5. The van der Waals surface area contributed by atoms with Crippen LogP contribution in [0.15, 0.2) is 24.5 Å². The van der Waals surface area contributed by atoms with Crippen molar-refractivity contribution >= 4 is 11.8 Å². The maximum atomic E-state index is 14.1. The van der Waals surface area contributed by atoms with E-state index in [1.165, 1.54) is 18.3 Å². The molecule has 0 spiro atoms. The Balaban J connectivity index is 1.50. The van der Waals surface area contributed by atoms with Gasteiger partial charge < -0.3 is 10.6 Å². The SMILES string of the molecule is Cc1cncc(C(=O)NC23CCCC(NC(=O)c4nc(C)ccc4F)(CC2)C3)n1. The van der Waals surface area contributed by atoms with E-state index in [1.54, 1.807) is 20.0 Å². The van der Waals surface area contributed by atoms with E-state index in [9.17, 15) is 14.0 Å². The molecule has 2 aliphatic carbocycles. The van der Waals surface area contributed by atoms with Crippen molar-refractivity contribution in [1.82, 2.24) is 25.6 Å². The van der Waals surface area contributed by atoms with Gasteiger partial charge in [0.15, 0.2) is 11.5 Å². The minimum Gasteiger partial charge on any atom is -0.345 e. The van der Waals surface area contributed by atoms with Gasteiger partial charge in [-0.25, -0.2) is 14.4 Å². The van der Waals surface area contributed by atoms with Crippen LogP contribution in [0.1, 0.15) is 70.9 Å². The van der Waals surface area contributed by atoms with Crippen molar-refractivity contribution in [3.05, 3.63) is 53.1 Å². The molecule has 2 aliphatic rings. The van der Waals surface area contributed by atoms with Crippen LogP contribution in [0.25, 0.3) is 0 Å². The highest BCUT2D eigenvalue weighted by atomic mass is 19.1. The molecular formula is C21H24FN5O2. The Morgan fingerprint density at radius 2 is 1.62 bits per heavy atom. The summed E-state index contributed by atoms with van der Waals surface area (Å²) >= 11 is 0. The number of halogens is 1. The number of amides is 2. The average Bonchev–Trinajstić information content (AvgIpc) is 2.93. The molecule has 2 fully saturated rings. The smallest absolute Gasteiger partial charge is 0.273 e. The zero-order valence-corrected chi connectivity index (χ0v) is 16.6. The zero-order valence-electron chi connectivity index (χ0n) is 16.6. The van der Waals surface area contributed by atoms with E-state index in [0.717, 1.165) is 32.1 Å². The first-order valence-electron chi connectivity index (χ1n) is 9.87. The third kappa shape index (κ3) is 3.83. The van der Waals surface area contributed by atoms with Crippen LogP contribution in [0.2, 0.25) is 0 Å². The Bertz CT molecular complexity index is 981. The molecule has 2 N–H and O–H groups in total. The van der Waals surface area contributed by atoms with E-state index in [0.29, 0.717) is 17.8 Å². The van der Waals surface area contributed by atoms with E-state index in [-0.39, 0.29) is 17.3 Å². The van der Waals surface area contributed by atoms with Crippen LogP contribution in [0, 0.1) is 19.7 Å². The number of aryl methyl sites for hydroxylation is 2. The molecule has 8 heteroatoms. The number of aromatic nitrogens is 3. The number of carbonyl (C=O) groups is 2. The van der Waals surface area contributed by atoms with E-state index in [2.05, 4.69) is 25.6 Å². The fourth-order valence-corrected chi connectivity index (χ4v) is 4.71. The third-order valence-electron chi connectivity index (χ3n) is 6.01. The molecule has 2 saturated carbocycles. The Kier molecular flexibility index (Phi) is 4.80. The van der Waals surface area contributed by atoms with Gasteiger partial charge in [0.2, 0.25) is 0 Å². The van der Waals surface area contributed by atoms with E-state index >= 15 is 0 Å². The van der Waals surface area contributed by atoms with Crippen LogP contribution >= 0.6 is 0 Å². The number of nitrogens with one attached hydrogen (secondary N) is 2. The van der Waals surface area contributed by atoms with Crippen LogP contribution < -0.4 is 10.6 Å². The van der Waals surface area contributed by atoms with Gasteiger partial charge in [0, 0.05) is 23.0 Å². The molecular weight excluding hydrogens is 373 g/mol. The van der Waals surface area contributed by atoms with Crippen molar-refractivity contribution in [3.63, 3.8) is 0 Å². The molecule has 0 aromatic carbocycles. The highest BCUT2D eigenvalue weighted by Gasteiger charge is 2.52. The second kappa shape index (κ2) is 7.17. The predicted molar refractivity (Wildman–Crippen MR) is 104 cm³/mol. The Labute approximate surface area is 168 Å². The van der Waals surface area contributed by atoms with E-state index in [4.69, 9.17) is 0 Å².